The van der Waals surface area contributed by atoms with Gasteiger partial charge >= 0.3 is 0 Å². The van der Waals surface area contributed by atoms with Gasteiger partial charge in [-0.1, -0.05) is 0 Å². The van der Waals surface area contributed by atoms with Gasteiger partial charge in [-0.3, -0.25) is 0 Å². The summed E-state index contributed by atoms with van der Waals surface area (Å²) in [6.45, 7) is 2.37. The van der Waals surface area contributed by atoms with Crippen molar-refractivity contribution in [1.29, 1.82) is 0 Å². The summed E-state index contributed by atoms with van der Waals surface area (Å²) >= 11 is 0. The molecule has 2 nitrogen and oxygen atoms in total. The van der Waals surface area contributed by atoms with Crippen LogP contribution in [0.4, 0.5) is 0 Å². The van der Waals surface area contributed by atoms with E-state index in [0.717, 1.165) is 19.4 Å². The van der Waals surface area contributed by atoms with E-state index in [4.69, 9.17) is 0 Å². The molecule has 1 aliphatic heterocycles. The maximum absolute atomic E-state index is 9.19. The summed E-state index contributed by atoms with van der Waals surface area (Å²) < 4.78 is 0. The number of likely N-dealkylation sites (tertiary alicyclic amines) is 1. The Morgan fingerprint density at radius 2 is 2.11 bits per heavy atom. The Morgan fingerprint density at radius 3 is 2.89 bits per heavy atom. The summed E-state index contributed by atoms with van der Waals surface area (Å²) in [4.78, 5) is 1.56. The van der Waals surface area contributed by atoms with Crippen molar-refractivity contribution in [3.8, 4) is 0 Å². The molecule has 0 spiro atoms. The topological polar surface area (TPSA) is 24.7 Å². The number of aliphatic hydroxyl groups is 1. The van der Waals surface area contributed by atoms with Crippen LogP contribution in [0.5, 0.6) is 0 Å². The third-order valence-corrected chi connectivity index (χ3v) is 2.05. The molecule has 54 valence electrons. The predicted octanol–water partition coefficient (Wildman–Crippen LogP) is -0.954. The molecule has 2 heteroatoms. The molecule has 0 aromatic heterocycles. The van der Waals surface area contributed by atoms with Crippen LogP contribution in [-0.4, -0.2) is 31.3 Å². The number of rotatable bonds is 0. The minimum Gasteiger partial charge on any atom is -0.393 e. The molecule has 2 N–H and O–H groups in total. The zero-order valence-corrected chi connectivity index (χ0v) is 6.06. The van der Waals surface area contributed by atoms with Crippen LogP contribution < -0.4 is 4.90 Å². The summed E-state index contributed by atoms with van der Waals surface area (Å²) in [5, 5.41) is 9.19. The lowest BCUT2D eigenvalue weighted by Crippen LogP contribution is -3.08. The number of aliphatic hydroxyl groups excluding tert-OH is 1. The third kappa shape index (κ3) is 2.33. The molecule has 0 saturated carbocycles. The molecule has 0 bridgehead atoms. The standard InChI is InChI=1S/C7H15NO/c1-8-5-2-3-7(9)4-6-8/h7,9H,2-6H2,1H3/p+1/t7-/m0/s1. The minimum absolute atomic E-state index is 0.0116. The van der Waals surface area contributed by atoms with Crippen LogP contribution in [0.3, 0.4) is 0 Å². The van der Waals surface area contributed by atoms with Crippen LogP contribution in [-0.2, 0) is 0 Å². The minimum atomic E-state index is -0.0116. The molecule has 1 heterocycles. The molecule has 0 aromatic rings. The zero-order valence-electron chi connectivity index (χ0n) is 6.06. The summed E-state index contributed by atoms with van der Waals surface area (Å²) in [5.74, 6) is 0. The number of quaternary nitrogens is 1. The summed E-state index contributed by atoms with van der Waals surface area (Å²) in [6, 6.07) is 0. The van der Waals surface area contributed by atoms with Gasteiger partial charge in [-0.15, -0.1) is 0 Å². The van der Waals surface area contributed by atoms with Crippen molar-refractivity contribution in [2.24, 2.45) is 0 Å². The highest BCUT2D eigenvalue weighted by Crippen LogP contribution is 2.00. The van der Waals surface area contributed by atoms with Crippen LogP contribution in [0, 0.1) is 0 Å². The van der Waals surface area contributed by atoms with Crippen molar-refractivity contribution in [2.45, 2.75) is 25.4 Å². The zero-order chi connectivity index (χ0) is 6.69. The first-order valence-corrected chi connectivity index (χ1v) is 3.78. The van der Waals surface area contributed by atoms with Gasteiger partial charge in [0.05, 0.1) is 26.2 Å². The quantitative estimate of drug-likeness (QED) is 0.434. The van der Waals surface area contributed by atoms with E-state index in [1.807, 2.05) is 0 Å². The molecule has 1 fully saturated rings. The first kappa shape index (κ1) is 7.03. The second kappa shape index (κ2) is 3.18. The molecular weight excluding hydrogens is 114 g/mol. The van der Waals surface area contributed by atoms with Crippen molar-refractivity contribution < 1.29 is 10.0 Å². The van der Waals surface area contributed by atoms with E-state index in [2.05, 4.69) is 7.05 Å². The van der Waals surface area contributed by atoms with E-state index in [9.17, 15) is 5.11 Å². The van der Waals surface area contributed by atoms with Gasteiger partial charge < -0.3 is 10.0 Å². The Labute approximate surface area is 56.5 Å². The molecule has 1 rings (SSSR count). The van der Waals surface area contributed by atoms with Crippen molar-refractivity contribution in [2.75, 3.05) is 20.1 Å². The molecule has 0 aliphatic carbocycles. The summed E-state index contributed by atoms with van der Waals surface area (Å²) in [5.41, 5.74) is 0. The lowest BCUT2D eigenvalue weighted by Gasteiger charge is -2.08. The smallest absolute Gasteiger partial charge is 0.0793 e. The normalized spacial score (nSPS) is 38.0. The second-order valence-corrected chi connectivity index (χ2v) is 3.04. The SMILES string of the molecule is C[NH+]1CCC[C@H](O)CC1. The van der Waals surface area contributed by atoms with Gasteiger partial charge in [0, 0.05) is 6.42 Å². The number of hydrogen-bond donors (Lipinski definition) is 2. The molecule has 0 radical (unpaired) electrons. The van der Waals surface area contributed by atoms with E-state index in [0.29, 0.717) is 0 Å². The Morgan fingerprint density at radius 1 is 1.33 bits per heavy atom. The Bertz CT molecular complexity index is 75.0. The predicted molar refractivity (Wildman–Crippen MR) is 36.5 cm³/mol. The molecule has 1 aliphatic rings. The van der Waals surface area contributed by atoms with Crippen molar-refractivity contribution >= 4 is 0 Å². The number of nitrogens with one attached hydrogen (secondary N) is 1. The van der Waals surface area contributed by atoms with Crippen LogP contribution in [0.25, 0.3) is 0 Å². The molecule has 1 saturated heterocycles. The monoisotopic (exact) mass is 130 g/mol. The average molecular weight is 130 g/mol. The van der Waals surface area contributed by atoms with Crippen LogP contribution in [0.2, 0.25) is 0 Å². The van der Waals surface area contributed by atoms with E-state index in [1.165, 1.54) is 13.0 Å². The highest BCUT2D eigenvalue weighted by molar-refractivity contribution is 4.56. The first-order chi connectivity index (χ1) is 4.29. The van der Waals surface area contributed by atoms with Gasteiger partial charge in [-0.25, -0.2) is 0 Å². The fourth-order valence-corrected chi connectivity index (χ4v) is 1.32. The fourth-order valence-electron chi connectivity index (χ4n) is 1.32. The van der Waals surface area contributed by atoms with Gasteiger partial charge in [0.15, 0.2) is 0 Å². The average Bonchev–Trinajstić information content (AvgIpc) is 1.97. The first-order valence-electron chi connectivity index (χ1n) is 3.78. The van der Waals surface area contributed by atoms with Crippen molar-refractivity contribution in [3.05, 3.63) is 0 Å². The van der Waals surface area contributed by atoms with E-state index in [1.54, 1.807) is 4.90 Å². The van der Waals surface area contributed by atoms with Crippen molar-refractivity contribution in [3.63, 3.8) is 0 Å². The lowest BCUT2D eigenvalue weighted by atomic mass is 10.2. The molecule has 0 amide bonds. The molecule has 9 heavy (non-hydrogen) atoms. The lowest BCUT2D eigenvalue weighted by molar-refractivity contribution is -0.878. The maximum atomic E-state index is 9.19. The van der Waals surface area contributed by atoms with Crippen LogP contribution >= 0.6 is 0 Å². The van der Waals surface area contributed by atoms with E-state index >= 15 is 0 Å². The highest BCUT2D eigenvalue weighted by atomic mass is 16.3. The van der Waals surface area contributed by atoms with Gasteiger partial charge in [0.1, 0.15) is 0 Å². The third-order valence-electron chi connectivity index (χ3n) is 2.05. The second-order valence-electron chi connectivity index (χ2n) is 3.04. The molecule has 2 atom stereocenters. The van der Waals surface area contributed by atoms with Crippen LogP contribution in [0.15, 0.2) is 0 Å². The number of hydrogen-bond acceptors (Lipinski definition) is 1. The molecule has 1 unspecified atom stereocenters. The Hall–Kier alpha value is -0.0800. The highest BCUT2D eigenvalue weighted by Gasteiger charge is 2.13. The summed E-state index contributed by atoms with van der Waals surface area (Å²) in [7, 11) is 2.19. The van der Waals surface area contributed by atoms with Gasteiger partial charge in [0.25, 0.3) is 0 Å². The fraction of sp³-hybridized carbons (Fsp3) is 1.00. The van der Waals surface area contributed by atoms with Gasteiger partial charge in [0.2, 0.25) is 0 Å². The summed E-state index contributed by atoms with van der Waals surface area (Å²) in [6.07, 6.45) is 3.18. The largest absolute Gasteiger partial charge is 0.393 e. The van der Waals surface area contributed by atoms with E-state index < -0.39 is 0 Å². The van der Waals surface area contributed by atoms with Crippen molar-refractivity contribution in [1.82, 2.24) is 0 Å². The maximum Gasteiger partial charge on any atom is 0.0793 e. The van der Waals surface area contributed by atoms with E-state index in [-0.39, 0.29) is 6.10 Å². The molecule has 0 aromatic carbocycles. The Balaban J connectivity index is 2.25. The van der Waals surface area contributed by atoms with Gasteiger partial charge in [-0.2, -0.15) is 0 Å². The Kier molecular flexibility index (Phi) is 2.49. The van der Waals surface area contributed by atoms with Crippen LogP contribution in [0.1, 0.15) is 19.3 Å². The molecular formula is C7H16NO+. The van der Waals surface area contributed by atoms with Gasteiger partial charge in [-0.05, 0) is 12.8 Å².